The first kappa shape index (κ1) is 28.6. The van der Waals surface area contributed by atoms with Gasteiger partial charge in [0.2, 0.25) is 0 Å². The summed E-state index contributed by atoms with van der Waals surface area (Å²) >= 11 is 6.31. The van der Waals surface area contributed by atoms with Crippen molar-refractivity contribution < 1.29 is 14.3 Å². The van der Waals surface area contributed by atoms with Crippen LogP contribution in [0.1, 0.15) is 38.3 Å². The molecule has 4 aromatic rings. The Balaban J connectivity index is 1.61. The number of aromatic nitrogens is 2. The molecule has 0 aliphatic carbocycles. The van der Waals surface area contributed by atoms with Gasteiger partial charge in [0, 0.05) is 39.5 Å². The third kappa shape index (κ3) is 5.63. The standard InChI is InChI=1S/C34H29ClN4O3/c1-4-22(2)39-33(40)29(23(3)30(19-36)34(39)41)18-26-20-38(27-13-6-5-7-14-27)37-32(26)24-12-10-15-28(17-24)42-21-25-11-8-9-16-31(25)35/h5-18,20,22H,4,21H2,1-3H3/b29-18+. The van der Waals surface area contributed by atoms with E-state index in [4.69, 9.17) is 21.4 Å². The van der Waals surface area contributed by atoms with E-state index in [9.17, 15) is 14.9 Å². The molecule has 1 unspecified atom stereocenters. The number of nitriles is 1. The molecule has 42 heavy (non-hydrogen) atoms. The Hall–Kier alpha value is -4.93. The Kier molecular flexibility index (Phi) is 8.37. The molecule has 0 saturated carbocycles. The first-order valence-electron chi connectivity index (χ1n) is 13.6. The van der Waals surface area contributed by atoms with Crippen molar-refractivity contribution >= 4 is 29.5 Å². The lowest BCUT2D eigenvalue weighted by molar-refractivity contribution is -0.142. The van der Waals surface area contributed by atoms with Crippen LogP contribution in [0.4, 0.5) is 0 Å². The predicted octanol–water partition coefficient (Wildman–Crippen LogP) is 7.16. The van der Waals surface area contributed by atoms with Crippen molar-refractivity contribution in [1.82, 2.24) is 14.7 Å². The van der Waals surface area contributed by atoms with Gasteiger partial charge in [-0.1, -0.05) is 67.1 Å². The SMILES string of the molecule is CCC(C)N1C(=O)C(C#N)=C(C)/C(=C\c2cn(-c3ccccc3)nc2-c2cccc(OCc3ccccc3Cl)c2)C1=O. The number of hydrogen-bond donors (Lipinski definition) is 0. The summed E-state index contributed by atoms with van der Waals surface area (Å²) in [5, 5.41) is 15.3. The quantitative estimate of drug-likeness (QED) is 0.164. The van der Waals surface area contributed by atoms with E-state index in [0.29, 0.717) is 40.6 Å². The number of halogens is 1. The van der Waals surface area contributed by atoms with Crippen LogP contribution in [0.5, 0.6) is 5.75 Å². The average molecular weight is 577 g/mol. The van der Waals surface area contributed by atoms with Gasteiger partial charge in [0.15, 0.2) is 0 Å². The van der Waals surface area contributed by atoms with Gasteiger partial charge in [0.25, 0.3) is 11.8 Å². The second-order valence-corrected chi connectivity index (χ2v) is 10.4. The molecule has 0 radical (unpaired) electrons. The van der Waals surface area contributed by atoms with E-state index >= 15 is 0 Å². The number of carbonyl (C=O) groups is 2. The fourth-order valence-corrected chi connectivity index (χ4v) is 4.97. The second kappa shape index (κ2) is 12.3. The fourth-order valence-electron chi connectivity index (χ4n) is 4.78. The zero-order valence-corrected chi connectivity index (χ0v) is 24.3. The predicted molar refractivity (Wildman–Crippen MR) is 163 cm³/mol. The van der Waals surface area contributed by atoms with Crippen molar-refractivity contribution in [2.24, 2.45) is 0 Å². The number of carbonyl (C=O) groups excluding carboxylic acids is 2. The topological polar surface area (TPSA) is 88.2 Å². The first-order valence-corrected chi connectivity index (χ1v) is 14.0. The molecule has 210 valence electrons. The number of rotatable bonds is 8. The van der Waals surface area contributed by atoms with Crippen LogP contribution in [-0.4, -0.2) is 32.5 Å². The highest BCUT2D eigenvalue weighted by molar-refractivity contribution is 6.31. The van der Waals surface area contributed by atoms with E-state index in [1.807, 2.05) is 98.1 Å². The molecule has 3 aromatic carbocycles. The summed E-state index contributed by atoms with van der Waals surface area (Å²) in [7, 11) is 0. The van der Waals surface area contributed by atoms with Crippen LogP contribution >= 0.6 is 11.6 Å². The minimum atomic E-state index is -0.560. The van der Waals surface area contributed by atoms with E-state index < -0.39 is 11.8 Å². The van der Waals surface area contributed by atoms with Crippen LogP contribution in [0.2, 0.25) is 5.02 Å². The molecule has 0 bridgehead atoms. The maximum atomic E-state index is 13.7. The summed E-state index contributed by atoms with van der Waals surface area (Å²) in [5.41, 5.74) is 4.34. The van der Waals surface area contributed by atoms with Crippen LogP contribution in [-0.2, 0) is 16.2 Å². The van der Waals surface area contributed by atoms with Crippen LogP contribution in [0, 0.1) is 11.3 Å². The lowest BCUT2D eigenvalue weighted by atomic mass is 9.92. The molecule has 1 atom stereocenters. The summed E-state index contributed by atoms with van der Waals surface area (Å²) in [5.74, 6) is -0.360. The molecule has 0 fully saturated rings. The molecule has 0 spiro atoms. The normalized spacial score (nSPS) is 15.2. The van der Waals surface area contributed by atoms with Gasteiger partial charge in [-0.2, -0.15) is 10.4 Å². The molecule has 1 aliphatic heterocycles. The van der Waals surface area contributed by atoms with E-state index in [0.717, 1.165) is 16.8 Å². The highest BCUT2D eigenvalue weighted by Crippen LogP contribution is 2.33. The summed E-state index contributed by atoms with van der Waals surface area (Å²) in [6.07, 6.45) is 4.13. The zero-order chi connectivity index (χ0) is 29.8. The molecule has 0 N–H and O–H groups in total. The van der Waals surface area contributed by atoms with Crippen molar-refractivity contribution in [2.45, 2.75) is 39.8 Å². The minimum absolute atomic E-state index is 0.0341. The van der Waals surface area contributed by atoms with Crippen LogP contribution < -0.4 is 4.74 Å². The van der Waals surface area contributed by atoms with Crippen LogP contribution in [0.15, 0.2) is 102 Å². The number of para-hydroxylation sites is 1. The summed E-state index contributed by atoms with van der Waals surface area (Å²) in [4.78, 5) is 27.9. The lowest BCUT2D eigenvalue weighted by Gasteiger charge is -2.31. The number of ether oxygens (including phenoxy) is 1. The van der Waals surface area contributed by atoms with E-state index in [2.05, 4.69) is 0 Å². The third-order valence-corrected chi connectivity index (χ3v) is 7.70. The van der Waals surface area contributed by atoms with E-state index in [1.54, 1.807) is 24.6 Å². The van der Waals surface area contributed by atoms with Crippen molar-refractivity contribution in [3.63, 3.8) is 0 Å². The van der Waals surface area contributed by atoms with Crippen molar-refractivity contribution in [1.29, 1.82) is 5.26 Å². The number of nitrogens with zero attached hydrogens (tertiary/aromatic N) is 4. The number of hydrogen-bond acceptors (Lipinski definition) is 5. The van der Waals surface area contributed by atoms with Gasteiger partial charge >= 0.3 is 0 Å². The first-order chi connectivity index (χ1) is 20.3. The molecule has 8 heteroatoms. The molecule has 2 amide bonds. The van der Waals surface area contributed by atoms with E-state index in [1.165, 1.54) is 4.90 Å². The van der Waals surface area contributed by atoms with Gasteiger partial charge in [-0.05, 0) is 62.2 Å². The maximum Gasteiger partial charge on any atom is 0.271 e. The smallest absolute Gasteiger partial charge is 0.271 e. The summed E-state index contributed by atoms with van der Waals surface area (Å²) in [6.45, 7) is 5.64. The van der Waals surface area contributed by atoms with Crippen molar-refractivity contribution in [2.75, 3.05) is 0 Å². The Morgan fingerprint density at radius 3 is 2.48 bits per heavy atom. The van der Waals surface area contributed by atoms with Gasteiger partial charge in [0.05, 0.1) is 5.69 Å². The van der Waals surface area contributed by atoms with Gasteiger partial charge in [0.1, 0.15) is 29.7 Å². The highest BCUT2D eigenvalue weighted by atomic mass is 35.5. The number of benzene rings is 3. The maximum absolute atomic E-state index is 13.7. The minimum Gasteiger partial charge on any atom is -0.489 e. The average Bonchev–Trinajstić information content (AvgIpc) is 3.43. The molecular formula is C34H29ClN4O3. The van der Waals surface area contributed by atoms with Crippen LogP contribution in [0.25, 0.3) is 23.0 Å². The Morgan fingerprint density at radius 2 is 1.76 bits per heavy atom. The molecule has 5 rings (SSSR count). The van der Waals surface area contributed by atoms with Crippen molar-refractivity contribution in [3.05, 3.63) is 118 Å². The monoisotopic (exact) mass is 576 g/mol. The van der Waals surface area contributed by atoms with Gasteiger partial charge in [-0.25, -0.2) is 4.68 Å². The summed E-state index contributed by atoms with van der Waals surface area (Å²) < 4.78 is 7.81. The second-order valence-electron chi connectivity index (χ2n) is 10.0. The fraction of sp³-hybridized carbons (Fsp3) is 0.176. The Morgan fingerprint density at radius 1 is 1.02 bits per heavy atom. The van der Waals surface area contributed by atoms with E-state index in [-0.39, 0.29) is 17.2 Å². The third-order valence-electron chi connectivity index (χ3n) is 7.33. The summed E-state index contributed by atoms with van der Waals surface area (Å²) in [6, 6.07) is 26.4. The molecule has 1 aliphatic rings. The zero-order valence-electron chi connectivity index (χ0n) is 23.5. The Labute approximate surface area is 249 Å². The lowest BCUT2D eigenvalue weighted by Crippen LogP contribution is -2.47. The van der Waals surface area contributed by atoms with Gasteiger partial charge < -0.3 is 4.74 Å². The van der Waals surface area contributed by atoms with Gasteiger partial charge in [-0.3, -0.25) is 14.5 Å². The number of imide groups is 1. The van der Waals surface area contributed by atoms with Gasteiger partial charge in [-0.15, -0.1) is 0 Å². The molecular weight excluding hydrogens is 548 g/mol. The molecule has 7 nitrogen and oxygen atoms in total. The molecule has 2 heterocycles. The van der Waals surface area contributed by atoms with Crippen molar-refractivity contribution in [3.8, 4) is 28.8 Å². The molecule has 1 aromatic heterocycles. The number of amides is 2. The highest BCUT2D eigenvalue weighted by Gasteiger charge is 2.37. The van der Waals surface area contributed by atoms with Crippen LogP contribution in [0.3, 0.4) is 0 Å². The Bertz CT molecular complexity index is 1760. The largest absolute Gasteiger partial charge is 0.489 e. The molecule has 0 saturated heterocycles.